The van der Waals surface area contributed by atoms with Crippen LogP contribution < -0.4 is 11.3 Å². The van der Waals surface area contributed by atoms with Gasteiger partial charge in [-0.1, -0.05) is 0 Å². The number of anilines is 1. The van der Waals surface area contributed by atoms with Crippen LogP contribution in [-0.2, 0) is 4.74 Å². The van der Waals surface area contributed by atoms with Crippen molar-refractivity contribution in [3.63, 3.8) is 0 Å². The van der Waals surface area contributed by atoms with E-state index in [4.69, 9.17) is 10.6 Å². The highest BCUT2D eigenvalue weighted by Crippen LogP contribution is 2.16. The summed E-state index contributed by atoms with van der Waals surface area (Å²) in [5, 5.41) is 0.872. The van der Waals surface area contributed by atoms with Crippen molar-refractivity contribution >= 4 is 17.6 Å². The molecule has 3 N–H and O–H groups in total. The minimum absolute atomic E-state index is 0.585. The first-order valence-corrected chi connectivity index (χ1v) is 5.25. The van der Waals surface area contributed by atoms with Gasteiger partial charge in [0.1, 0.15) is 5.03 Å². The van der Waals surface area contributed by atoms with Crippen molar-refractivity contribution in [2.45, 2.75) is 11.4 Å². The summed E-state index contributed by atoms with van der Waals surface area (Å²) in [7, 11) is 1.70. The number of nitrogens with one attached hydrogen (secondary N) is 1. The number of rotatable bonds is 6. The van der Waals surface area contributed by atoms with Gasteiger partial charge in [0, 0.05) is 19.5 Å². The Balaban J connectivity index is 2.34. The molecule has 1 aromatic heterocycles. The van der Waals surface area contributed by atoms with Crippen LogP contribution in [0.3, 0.4) is 0 Å². The summed E-state index contributed by atoms with van der Waals surface area (Å²) in [6.07, 6.45) is 4.31. The lowest BCUT2D eigenvalue weighted by molar-refractivity contribution is 0.200. The molecule has 1 heterocycles. The Morgan fingerprint density at radius 1 is 1.57 bits per heavy atom. The fourth-order valence-corrected chi connectivity index (χ4v) is 1.64. The molecular formula is C8H14N4OS. The van der Waals surface area contributed by atoms with Crippen LogP contribution in [0.5, 0.6) is 0 Å². The van der Waals surface area contributed by atoms with E-state index in [0.717, 1.165) is 23.8 Å². The SMILES string of the molecule is COCCCSc1cncc(NN)n1. The van der Waals surface area contributed by atoms with Crippen LogP contribution in [0, 0.1) is 0 Å². The standard InChI is InChI=1S/C8H14N4OS/c1-13-3-2-4-14-8-6-10-5-7(11-8)12-9/h5-6H,2-4,9H2,1H3,(H,11,12). The van der Waals surface area contributed by atoms with Crippen molar-refractivity contribution in [1.29, 1.82) is 0 Å². The number of nitrogen functional groups attached to an aromatic ring is 1. The van der Waals surface area contributed by atoms with Crippen LogP contribution in [0.4, 0.5) is 5.82 Å². The van der Waals surface area contributed by atoms with Gasteiger partial charge in [0.15, 0.2) is 5.82 Å². The molecule has 0 spiro atoms. The lowest BCUT2D eigenvalue weighted by atomic mass is 10.5. The van der Waals surface area contributed by atoms with Crippen LogP contribution >= 0.6 is 11.8 Å². The predicted molar refractivity (Wildman–Crippen MR) is 57.1 cm³/mol. The Bertz CT molecular complexity index is 271. The lowest BCUT2D eigenvalue weighted by Gasteiger charge is -2.02. The molecule has 0 saturated carbocycles. The maximum absolute atomic E-state index is 5.21. The van der Waals surface area contributed by atoms with Gasteiger partial charge in [-0.3, -0.25) is 4.98 Å². The zero-order valence-corrected chi connectivity index (χ0v) is 8.88. The third kappa shape index (κ3) is 3.91. The van der Waals surface area contributed by atoms with Gasteiger partial charge in [0.2, 0.25) is 0 Å². The molecule has 0 bridgehead atoms. The van der Waals surface area contributed by atoms with Crippen LogP contribution in [-0.4, -0.2) is 29.4 Å². The van der Waals surface area contributed by atoms with E-state index in [1.807, 2.05) is 0 Å². The van der Waals surface area contributed by atoms with Gasteiger partial charge in [0.25, 0.3) is 0 Å². The Kier molecular flexibility index (Phi) is 5.28. The summed E-state index contributed by atoms with van der Waals surface area (Å²) in [6.45, 7) is 0.773. The molecule has 0 unspecified atom stereocenters. The molecule has 0 aromatic carbocycles. The van der Waals surface area contributed by atoms with E-state index < -0.39 is 0 Å². The minimum Gasteiger partial charge on any atom is -0.385 e. The first kappa shape index (κ1) is 11.2. The normalized spacial score (nSPS) is 10.1. The lowest BCUT2D eigenvalue weighted by Crippen LogP contribution is -2.08. The molecule has 0 aliphatic rings. The largest absolute Gasteiger partial charge is 0.385 e. The summed E-state index contributed by atoms with van der Waals surface area (Å²) < 4.78 is 4.94. The molecule has 0 amide bonds. The maximum atomic E-state index is 5.21. The highest BCUT2D eigenvalue weighted by molar-refractivity contribution is 7.99. The Morgan fingerprint density at radius 3 is 3.14 bits per heavy atom. The van der Waals surface area contributed by atoms with Gasteiger partial charge in [-0.25, -0.2) is 10.8 Å². The van der Waals surface area contributed by atoms with Gasteiger partial charge in [0.05, 0.1) is 12.4 Å². The van der Waals surface area contributed by atoms with E-state index in [0.29, 0.717) is 5.82 Å². The minimum atomic E-state index is 0.585. The number of hydrogen-bond donors (Lipinski definition) is 2. The molecule has 0 fully saturated rings. The molecule has 14 heavy (non-hydrogen) atoms. The summed E-state index contributed by atoms with van der Waals surface area (Å²) in [5.41, 5.74) is 2.46. The number of thioether (sulfide) groups is 1. The molecule has 78 valence electrons. The van der Waals surface area contributed by atoms with Gasteiger partial charge in [-0.15, -0.1) is 11.8 Å². The molecule has 0 aliphatic carbocycles. The van der Waals surface area contributed by atoms with Crippen LogP contribution in [0.15, 0.2) is 17.4 Å². The second kappa shape index (κ2) is 6.58. The molecule has 0 saturated heterocycles. The highest BCUT2D eigenvalue weighted by atomic mass is 32.2. The van der Waals surface area contributed by atoms with Crippen molar-refractivity contribution in [1.82, 2.24) is 9.97 Å². The monoisotopic (exact) mass is 214 g/mol. The smallest absolute Gasteiger partial charge is 0.159 e. The first-order chi connectivity index (χ1) is 6.86. The van der Waals surface area contributed by atoms with Crippen LogP contribution in [0.2, 0.25) is 0 Å². The maximum Gasteiger partial charge on any atom is 0.159 e. The average molecular weight is 214 g/mol. The van der Waals surface area contributed by atoms with E-state index >= 15 is 0 Å². The van der Waals surface area contributed by atoms with E-state index in [1.165, 1.54) is 0 Å². The quantitative estimate of drug-likeness (QED) is 0.317. The van der Waals surface area contributed by atoms with Crippen molar-refractivity contribution in [2.75, 3.05) is 24.9 Å². The fraction of sp³-hybridized carbons (Fsp3) is 0.500. The van der Waals surface area contributed by atoms with Gasteiger partial charge in [-0.05, 0) is 6.42 Å². The topological polar surface area (TPSA) is 73.1 Å². The van der Waals surface area contributed by atoms with E-state index in [-0.39, 0.29) is 0 Å². The van der Waals surface area contributed by atoms with Crippen LogP contribution in [0.1, 0.15) is 6.42 Å². The number of ether oxygens (including phenoxy) is 1. The number of aromatic nitrogens is 2. The van der Waals surface area contributed by atoms with Crippen LogP contribution in [0.25, 0.3) is 0 Å². The van der Waals surface area contributed by atoms with Gasteiger partial charge in [-0.2, -0.15) is 0 Å². The zero-order chi connectivity index (χ0) is 10.2. The zero-order valence-electron chi connectivity index (χ0n) is 8.06. The fourth-order valence-electron chi connectivity index (χ4n) is 0.867. The Labute approximate surface area is 87.4 Å². The molecule has 1 aromatic rings. The molecule has 6 heteroatoms. The van der Waals surface area contributed by atoms with E-state index in [2.05, 4.69) is 15.4 Å². The number of hydrazine groups is 1. The molecule has 0 radical (unpaired) electrons. The number of hydrogen-bond acceptors (Lipinski definition) is 6. The molecule has 0 aliphatic heterocycles. The molecule has 0 atom stereocenters. The first-order valence-electron chi connectivity index (χ1n) is 4.27. The van der Waals surface area contributed by atoms with E-state index in [1.54, 1.807) is 31.3 Å². The summed E-state index contributed by atoms with van der Waals surface area (Å²) in [4.78, 5) is 8.21. The van der Waals surface area contributed by atoms with Crippen molar-refractivity contribution in [2.24, 2.45) is 5.84 Å². The summed E-state index contributed by atoms with van der Waals surface area (Å²) >= 11 is 1.64. The number of methoxy groups -OCH3 is 1. The van der Waals surface area contributed by atoms with Gasteiger partial charge < -0.3 is 10.2 Å². The van der Waals surface area contributed by atoms with Gasteiger partial charge >= 0.3 is 0 Å². The summed E-state index contributed by atoms with van der Waals surface area (Å²) in [5.74, 6) is 6.77. The number of nitrogens with two attached hydrogens (primary N) is 1. The second-order valence-corrected chi connectivity index (χ2v) is 3.70. The summed E-state index contributed by atoms with van der Waals surface area (Å²) in [6, 6.07) is 0. The van der Waals surface area contributed by atoms with Crippen molar-refractivity contribution in [3.8, 4) is 0 Å². The third-order valence-corrected chi connectivity index (χ3v) is 2.49. The molecule has 5 nitrogen and oxygen atoms in total. The highest BCUT2D eigenvalue weighted by Gasteiger charge is 1.97. The Morgan fingerprint density at radius 2 is 2.43 bits per heavy atom. The second-order valence-electron chi connectivity index (χ2n) is 2.58. The third-order valence-electron chi connectivity index (χ3n) is 1.50. The molecule has 1 rings (SSSR count). The van der Waals surface area contributed by atoms with E-state index in [9.17, 15) is 0 Å². The van der Waals surface area contributed by atoms with Crippen molar-refractivity contribution < 1.29 is 4.74 Å². The Hall–Kier alpha value is -0.850. The average Bonchev–Trinajstić information content (AvgIpc) is 2.25. The number of nitrogens with zero attached hydrogens (tertiary/aromatic N) is 2. The van der Waals surface area contributed by atoms with Crippen molar-refractivity contribution in [3.05, 3.63) is 12.4 Å². The molecular weight excluding hydrogens is 200 g/mol. The predicted octanol–water partition coefficient (Wildman–Crippen LogP) is 0.891.